The number of ether oxygens (including phenoxy) is 3. The normalized spacial score (nSPS) is 17.7. The van der Waals surface area contributed by atoms with E-state index >= 15 is 0 Å². The molecule has 0 spiro atoms. The van der Waals surface area contributed by atoms with E-state index in [4.69, 9.17) is 14.2 Å². The second-order valence-electron chi connectivity index (χ2n) is 9.03. The van der Waals surface area contributed by atoms with Crippen LogP contribution >= 0.6 is 11.8 Å². The minimum absolute atomic E-state index is 0.0645. The molecule has 1 aliphatic rings. The lowest BCUT2D eigenvalue weighted by atomic mass is 10.0. The van der Waals surface area contributed by atoms with Crippen molar-refractivity contribution in [1.82, 2.24) is 0 Å². The maximum absolute atomic E-state index is 11.5. The zero-order valence-electron chi connectivity index (χ0n) is 20.5. The topological polar surface area (TPSA) is 44.8 Å². The van der Waals surface area contributed by atoms with Gasteiger partial charge in [-0.1, -0.05) is 102 Å². The summed E-state index contributed by atoms with van der Waals surface area (Å²) in [6.45, 7) is 6.56. The molecule has 1 saturated heterocycles. The van der Waals surface area contributed by atoms with Crippen molar-refractivity contribution in [3.8, 4) is 0 Å². The third-order valence-corrected chi connectivity index (χ3v) is 6.82. The van der Waals surface area contributed by atoms with E-state index < -0.39 is 0 Å². The molecule has 1 heterocycles. The maximum atomic E-state index is 11.5. The van der Waals surface area contributed by atoms with E-state index in [0.717, 1.165) is 38.9 Å². The molecule has 5 heteroatoms. The van der Waals surface area contributed by atoms with Crippen LogP contribution in [0.1, 0.15) is 123 Å². The van der Waals surface area contributed by atoms with Gasteiger partial charge in [-0.05, 0) is 25.7 Å². The fourth-order valence-corrected chi connectivity index (χ4v) is 4.80. The highest BCUT2D eigenvalue weighted by Crippen LogP contribution is 2.18. The summed E-state index contributed by atoms with van der Waals surface area (Å²) in [5.41, 5.74) is 0. The molecule has 1 fully saturated rings. The highest BCUT2D eigenvalue weighted by Gasteiger charge is 2.19. The molecule has 0 saturated carbocycles. The van der Waals surface area contributed by atoms with Crippen molar-refractivity contribution in [3.63, 3.8) is 0 Å². The lowest BCUT2D eigenvalue weighted by Gasteiger charge is -2.25. The number of hydrogen-bond acceptors (Lipinski definition) is 5. The Morgan fingerprint density at radius 1 is 0.871 bits per heavy atom. The Balaban J connectivity index is 1.88. The predicted octanol–water partition coefficient (Wildman–Crippen LogP) is 7.68. The highest BCUT2D eigenvalue weighted by atomic mass is 32.2. The van der Waals surface area contributed by atoms with Gasteiger partial charge in [0.15, 0.2) is 11.4 Å². The summed E-state index contributed by atoms with van der Waals surface area (Å²) in [5.74, 6) is 0. The van der Waals surface area contributed by atoms with Crippen LogP contribution in [0.3, 0.4) is 0 Å². The zero-order valence-corrected chi connectivity index (χ0v) is 21.4. The molecule has 0 aromatic carbocycles. The molecule has 0 radical (unpaired) electrons. The van der Waals surface area contributed by atoms with Crippen LogP contribution in [0.4, 0.5) is 0 Å². The Labute approximate surface area is 196 Å². The Hall–Kier alpha value is -0.100. The number of rotatable bonds is 21. The first-order chi connectivity index (χ1) is 15.2. The van der Waals surface area contributed by atoms with Crippen LogP contribution in [0.5, 0.6) is 0 Å². The van der Waals surface area contributed by atoms with Gasteiger partial charge in [-0.25, -0.2) is 0 Å². The number of carbonyl (C=O) groups is 1. The molecule has 0 amide bonds. The van der Waals surface area contributed by atoms with Crippen LogP contribution in [0, 0.1) is 0 Å². The molecular weight excluding hydrogens is 408 g/mol. The third-order valence-electron chi connectivity index (χ3n) is 5.88. The van der Waals surface area contributed by atoms with E-state index in [0.29, 0.717) is 13.2 Å². The van der Waals surface area contributed by atoms with Crippen molar-refractivity contribution < 1.29 is 19.0 Å². The number of unbranched alkanes of at least 4 members (excludes halogenated alkanes) is 13. The van der Waals surface area contributed by atoms with Crippen LogP contribution in [0.15, 0.2) is 0 Å². The van der Waals surface area contributed by atoms with Gasteiger partial charge >= 0.3 is 0 Å². The smallest absolute Gasteiger partial charge is 0.186 e. The van der Waals surface area contributed by atoms with Gasteiger partial charge in [0.25, 0.3) is 0 Å². The van der Waals surface area contributed by atoms with E-state index in [-0.39, 0.29) is 16.7 Å². The quantitative estimate of drug-likeness (QED) is 0.165. The highest BCUT2D eigenvalue weighted by molar-refractivity contribution is 8.14. The molecule has 2 atom stereocenters. The van der Waals surface area contributed by atoms with Gasteiger partial charge in [-0.2, -0.15) is 0 Å². The van der Waals surface area contributed by atoms with E-state index in [1.807, 2.05) is 0 Å². The molecule has 1 aliphatic heterocycles. The number of carbonyl (C=O) groups excluding carboxylic acids is 1. The van der Waals surface area contributed by atoms with Gasteiger partial charge in [0.05, 0.1) is 18.5 Å². The molecule has 184 valence electrons. The van der Waals surface area contributed by atoms with Gasteiger partial charge < -0.3 is 14.2 Å². The lowest BCUT2D eigenvalue weighted by Crippen LogP contribution is -2.28. The van der Waals surface area contributed by atoms with E-state index in [1.54, 1.807) is 6.92 Å². The van der Waals surface area contributed by atoms with E-state index in [9.17, 15) is 4.79 Å². The van der Waals surface area contributed by atoms with Crippen molar-refractivity contribution in [2.45, 2.75) is 135 Å². The number of hydrogen-bond donors (Lipinski definition) is 0. The van der Waals surface area contributed by atoms with Crippen LogP contribution in [-0.4, -0.2) is 43.1 Å². The third kappa shape index (κ3) is 19.1. The lowest BCUT2D eigenvalue weighted by molar-refractivity contribution is -0.163. The SMILES string of the molecule is CCCCCCCCCCCCCCCCOC[C@H](COC1CCCCO1)SC(C)=O. The number of thioether (sulfide) groups is 1. The summed E-state index contributed by atoms with van der Waals surface area (Å²) in [4.78, 5) is 11.5. The largest absolute Gasteiger partial charge is 0.380 e. The van der Waals surface area contributed by atoms with Crippen molar-refractivity contribution in [3.05, 3.63) is 0 Å². The first-order valence-corrected chi connectivity index (χ1v) is 14.1. The molecule has 0 bridgehead atoms. The van der Waals surface area contributed by atoms with E-state index in [1.165, 1.54) is 95.2 Å². The van der Waals surface area contributed by atoms with Crippen molar-refractivity contribution >= 4 is 16.9 Å². The summed E-state index contributed by atoms with van der Waals surface area (Å²) in [6, 6.07) is 0. The summed E-state index contributed by atoms with van der Waals surface area (Å²) < 4.78 is 17.3. The minimum Gasteiger partial charge on any atom is -0.380 e. The average molecular weight is 459 g/mol. The summed E-state index contributed by atoms with van der Waals surface area (Å²) in [6.07, 6.45) is 22.3. The van der Waals surface area contributed by atoms with Gasteiger partial charge in [0.2, 0.25) is 0 Å². The second-order valence-corrected chi connectivity index (χ2v) is 10.5. The Morgan fingerprint density at radius 3 is 1.97 bits per heavy atom. The van der Waals surface area contributed by atoms with Gasteiger partial charge in [-0.15, -0.1) is 0 Å². The monoisotopic (exact) mass is 458 g/mol. The first kappa shape index (κ1) is 28.9. The molecule has 0 aromatic rings. The molecule has 1 unspecified atom stereocenters. The average Bonchev–Trinajstić information content (AvgIpc) is 2.77. The fourth-order valence-electron chi connectivity index (χ4n) is 4.02. The molecular formula is C26H50O4S. The Bertz CT molecular complexity index is 399. The maximum Gasteiger partial charge on any atom is 0.186 e. The van der Waals surface area contributed by atoms with Gasteiger partial charge in [0, 0.05) is 20.1 Å². The van der Waals surface area contributed by atoms with Gasteiger partial charge in [0.1, 0.15) is 0 Å². The minimum atomic E-state index is -0.102. The Kier molecular flexibility index (Phi) is 20.3. The second kappa shape index (κ2) is 21.7. The van der Waals surface area contributed by atoms with Crippen molar-refractivity contribution in [2.24, 2.45) is 0 Å². The Morgan fingerprint density at radius 2 is 1.45 bits per heavy atom. The molecule has 1 rings (SSSR count). The van der Waals surface area contributed by atoms with Crippen LogP contribution < -0.4 is 0 Å². The zero-order chi connectivity index (χ0) is 22.4. The molecule has 0 aromatic heterocycles. The van der Waals surface area contributed by atoms with E-state index in [2.05, 4.69) is 6.92 Å². The molecule has 0 N–H and O–H groups in total. The summed E-state index contributed by atoms with van der Waals surface area (Å²) in [5, 5.41) is 0.188. The molecule has 4 nitrogen and oxygen atoms in total. The summed E-state index contributed by atoms with van der Waals surface area (Å²) >= 11 is 1.33. The van der Waals surface area contributed by atoms with Crippen LogP contribution in [0.25, 0.3) is 0 Å². The van der Waals surface area contributed by atoms with Crippen molar-refractivity contribution in [2.75, 3.05) is 26.4 Å². The molecule has 31 heavy (non-hydrogen) atoms. The van der Waals surface area contributed by atoms with Gasteiger partial charge in [-0.3, -0.25) is 4.79 Å². The first-order valence-electron chi connectivity index (χ1n) is 13.2. The van der Waals surface area contributed by atoms with Crippen LogP contribution in [0.2, 0.25) is 0 Å². The van der Waals surface area contributed by atoms with Crippen LogP contribution in [-0.2, 0) is 19.0 Å². The van der Waals surface area contributed by atoms with Crippen molar-refractivity contribution in [1.29, 1.82) is 0 Å². The predicted molar refractivity (Wildman–Crippen MR) is 133 cm³/mol. The summed E-state index contributed by atoms with van der Waals surface area (Å²) in [7, 11) is 0. The fraction of sp³-hybridized carbons (Fsp3) is 0.962. The molecule has 0 aliphatic carbocycles. The standard InChI is InChI=1S/C26H50O4S/c1-3-4-5-6-7-8-9-10-11-12-13-14-15-17-20-28-22-25(31-24(2)27)23-30-26-19-16-18-21-29-26/h25-26H,3-23H2,1-2H3/t25-,26?/m1/s1.